The van der Waals surface area contributed by atoms with Gasteiger partial charge in [-0.05, 0) is 56.8 Å². The maximum atomic E-state index is 13.4. The van der Waals surface area contributed by atoms with Gasteiger partial charge in [-0.25, -0.2) is 13.8 Å². The fourth-order valence-electron chi connectivity index (χ4n) is 4.13. The summed E-state index contributed by atoms with van der Waals surface area (Å²) >= 11 is 0. The molecule has 1 saturated heterocycles. The molecular weight excluding hydrogens is 308 g/mol. The number of likely N-dealkylation sites (tertiary alicyclic amines) is 1. The second-order valence-electron chi connectivity index (χ2n) is 7.41. The summed E-state index contributed by atoms with van der Waals surface area (Å²) < 4.78 is 29.2. The van der Waals surface area contributed by atoms with Crippen LogP contribution in [-0.4, -0.2) is 33.5 Å². The number of para-hydroxylation sites is 2. The van der Waals surface area contributed by atoms with Gasteiger partial charge in [0.25, 0.3) is 0 Å². The first-order valence-corrected chi connectivity index (χ1v) is 9.15. The molecule has 2 fully saturated rings. The summed E-state index contributed by atoms with van der Waals surface area (Å²) in [5.41, 5.74) is 2.16. The first-order valence-electron chi connectivity index (χ1n) is 9.15. The number of alkyl halides is 2. The highest BCUT2D eigenvalue weighted by atomic mass is 19.3. The average molecular weight is 333 g/mol. The van der Waals surface area contributed by atoms with Crippen molar-refractivity contribution < 1.29 is 8.78 Å². The van der Waals surface area contributed by atoms with Gasteiger partial charge in [0.15, 0.2) is 0 Å². The lowest BCUT2D eigenvalue weighted by molar-refractivity contribution is -0.0473. The minimum absolute atomic E-state index is 0.0335. The fraction of sp³-hybridized carbons (Fsp3) is 0.632. The molecule has 1 aliphatic carbocycles. The lowest BCUT2D eigenvalue weighted by atomic mass is 9.86. The van der Waals surface area contributed by atoms with Crippen LogP contribution in [0.3, 0.4) is 0 Å². The summed E-state index contributed by atoms with van der Waals surface area (Å²) in [6.45, 7) is 3.97. The van der Waals surface area contributed by atoms with Crippen molar-refractivity contribution in [2.24, 2.45) is 5.92 Å². The third-order valence-corrected chi connectivity index (χ3v) is 5.57. The minimum Gasteiger partial charge on any atom is -0.327 e. The monoisotopic (exact) mass is 333 g/mol. The van der Waals surface area contributed by atoms with Gasteiger partial charge < -0.3 is 4.57 Å². The zero-order chi connectivity index (χ0) is 16.6. The van der Waals surface area contributed by atoms with Crippen molar-refractivity contribution in [1.82, 2.24) is 14.5 Å². The number of nitrogens with zero attached hydrogens (tertiary/aromatic N) is 3. The summed E-state index contributed by atoms with van der Waals surface area (Å²) in [5, 5.41) is 0. The molecule has 3 nitrogen and oxygen atoms in total. The fourth-order valence-corrected chi connectivity index (χ4v) is 4.13. The summed E-state index contributed by atoms with van der Waals surface area (Å²) in [7, 11) is 0. The second kappa shape index (κ2) is 6.43. The molecule has 24 heavy (non-hydrogen) atoms. The van der Waals surface area contributed by atoms with Gasteiger partial charge in [-0.3, -0.25) is 4.90 Å². The molecule has 0 radical (unpaired) electrons. The Hall–Kier alpha value is -1.49. The quantitative estimate of drug-likeness (QED) is 0.824. The molecule has 5 heteroatoms. The summed E-state index contributed by atoms with van der Waals surface area (Å²) in [5.74, 6) is -1.03. The van der Waals surface area contributed by atoms with Gasteiger partial charge in [-0.2, -0.15) is 0 Å². The van der Waals surface area contributed by atoms with Crippen LogP contribution in [0.4, 0.5) is 8.78 Å². The van der Waals surface area contributed by atoms with Crippen LogP contribution in [0.25, 0.3) is 11.0 Å². The van der Waals surface area contributed by atoms with Crippen LogP contribution in [0, 0.1) is 5.92 Å². The molecule has 0 bridgehead atoms. The summed E-state index contributed by atoms with van der Waals surface area (Å²) in [4.78, 5) is 7.29. The Kier molecular flexibility index (Phi) is 4.29. The number of hydrogen-bond acceptors (Lipinski definition) is 2. The Balaban J connectivity index is 1.57. The molecule has 1 aliphatic heterocycles. The van der Waals surface area contributed by atoms with E-state index in [0.717, 1.165) is 43.0 Å². The molecular formula is C19H25F2N3. The largest absolute Gasteiger partial charge is 0.327 e. The SMILES string of the molecule is FC1(F)CCC(Cn2c(CN3CCCC3)nc3ccccc32)CC1. The number of fused-ring (bicyclic) bond motifs is 1. The highest BCUT2D eigenvalue weighted by Crippen LogP contribution is 2.37. The normalized spacial score (nSPS) is 22.4. The van der Waals surface area contributed by atoms with Gasteiger partial charge in [0.2, 0.25) is 5.92 Å². The van der Waals surface area contributed by atoms with Crippen molar-refractivity contribution in [3.8, 4) is 0 Å². The Morgan fingerprint density at radius 1 is 1.08 bits per heavy atom. The van der Waals surface area contributed by atoms with E-state index in [0.29, 0.717) is 18.8 Å². The zero-order valence-corrected chi connectivity index (χ0v) is 14.1. The molecule has 130 valence electrons. The number of rotatable bonds is 4. The molecule has 2 aliphatic rings. The van der Waals surface area contributed by atoms with E-state index >= 15 is 0 Å². The molecule has 0 unspecified atom stereocenters. The molecule has 1 aromatic heterocycles. The van der Waals surface area contributed by atoms with E-state index in [-0.39, 0.29) is 12.8 Å². The van der Waals surface area contributed by atoms with E-state index in [2.05, 4.69) is 15.5 Å². The number of benzene rings is 1. The first-order chi connectivity index (χ1) is 11.6. The lowest BCUT2D eigenvalue weighted by Gasteiger charge is -2.29. The molecule has 1 saturated carbocycles. The predicted molar refractivity (Wildman–Crippen MR) is 91.1 cm³/mol. The van der Waals surface area contributed by atoms with Gasteiger partial charge in [0.05, 0.1) is 17.6 Å². The minimum atomic E-state index is -2.45. The van der Waals surface area contributed by atoms with Crippen LogP contribution in [0.1, 0.15) is 44.3 Å². The van der Waals surface area contributed by atoms with Crippen molar-refractivity contribution in [3.63, 3.8) is 0 Å². The van der Waals surface area contributed by atoms with Crippen LogP contribution >= 0.6 is 0 Å². The van der Waals surface area contributed by atoms with Crippen molar-refractivity contribution in [3.05, 3.63) is 30.1 Å². The third kappa shape index (κ3) is 3.32. The lowest BCUT2D eigenvalue weighted by Crippen LogP contribution is -2.28. The standard InChI is InChI=1S/C19H25F2N3/c20-19(21)9-7-15(8-10-19)13-24-17-6-2-1-5-16(17)22-18(24)14-23-11-3-4-12-23/h1-2,5-6,15H,3-4,7-14H2. The van der Waals surface area contributed by atoms with E-state index in [9.17, 15) is 8.78 Å². The van der Waals surface area contributed by atoms with Crippen LogP contribution in [0.5, 0.6) is 0 Å². The Morgan fingerprint density at radius 2 is 1.79 bits per heavy atom. The summed E-state index contributed by atoms with van der Waals surface area (Å²) in [6, 6.07) is 8.21. The van der Waals surface area contributed by atoms with E-state index in [1.54, 1.807) is 0 Å². The van der Waals surface area contributed by atoms with Crippen molar-refractivity contribution in [2.75, 3.05) is 13.1 Å². The Morgan fingerprint density at radius 3 is 2.54 bits per heavy atom. The van der Waals surface area contributed by atoms with Crippen LogP contribution in [0.15, 0.2) is 24.3 Å². The molecule has 1 aromatic carbocycles. The Labute approximate surface area is 141 Å². The second-order valence-corrected chi connectivity index (χ2v) is 7.41. The van der Waals surface area contributed by atoms with E-state index in [1.807, 2.05) is 18.2 Å². The van der Waals surface area contributed by atoms with Crippen LogP contribution in [0.2, 0.25) is 0 Å². The van der Waals surface area contributed by atoms with Gasteiger partial charge in [-0.15, -0.1) is 0 Å². The topological polar surface area (TPSA) is 21.1 Å². The summed E-state index contributed by atoms with van der Waals surface area (Å²) in [6.07, 6.45) is 3.82. The van der Waals surface area contributed by atoms with Crippen LogP contribution in [-0.2, 0) is 13.1 Å². The van der Waals surface area contributed by atoms with Crippen LogP contribution < -0.4 is 0 Å². The predicted octanol–water partition coefficient (Wildman–Crippen LogP) is 4.46. The van der Waals surface area contributed by atoms with E-state index in [4.69, 9.17) is 4.98 Å². The first kappa shape index (κ1) is 16.0. The van der Waals surface area contributed by atoms with Crippen molar-refractivity contribution >= 4 is 11.0 Å². The third-order valence-electron chi connectivity index (χ3n) is 5.57. The molecule has 0 atom stereocenters. The maximum Gasteiger partial charge on any atom is 0.248 e. The number of halogens is 2. The van der Waals surface area contributed by atoms with Gasteiger partial charge in [-0.1, -0.05) is 12.1 Å². The zero-order valence-electron chi connectivity index (χ0n) is 14.1. The van der Waals surface area contributed by atoms with Gasteiger partial charge in [0.1, 0.15) is 5.82 Å². The average Bonchev–Trinajstić information content (AvgIpc) is 3.18. The highest BCUT2D eigenvalue weighted by molar-refractivity contribution is 5.75. The number of hydrogen-bond donors (Lipinski definition) is 0. The molecule has 2 aromatic rings. The van der Waals surface area contributed by atoms with E-state index < -0.39 is 5.92 Å². The van der Waals surface area contributed by atoms with E-state index in [1.165, 1.54) is 12.8 Å². The Bertz CT molecular complexity index is 694. The van der Waals surface area contributed by atoms with Crippen molar-refractivity contribution in [1.29, 1.82) is 0 Å². The van der Waals surface area contributed by atoms with Gasteiger partial charge >= 0.3 is 0 Å². The van der Waals surface area contributed by atoms with Gasteiger partial charge in [0, 0.05) is 19.4 Å². The molecule has 0 N–H and O–H groups in total. The van der Waals surface area contributed by atoms with Crippen molar-refractivity contribution in [2.45, 2.75) is 57.5 Å². The molecule has 4 rings (SSSR count). The highest BCUT2D eigenvalue weighted by Gasteiger charge is 2.35. The maximum absolute atomic E-state index is 13.4. The number of imidazole rings is 1. The smallest absolute Gasteiger partial charge is 0.248 e. The number of aromatic nitrogens is 2. The molecule has 0 amide bonds. The molecule has 2 heterocycles. The molecule has 0 spiro atoms.